The van der Waals surface area contributed by atoms with Gasteiger partial charge in [-0.25, -0.2) is 18.6 Å². The zero-order chi connectivity index (χ0) is 14.2. The maximum atomic E-state index is 14.1. The van der Waals surface area contributed by atoms with E-state index in [0.717, 1.165) is 12.3 Å². The molecular formula is C13H8ClF2NO2. The van der Waals surface area contributed by atoms with Gasteiger partial charge < -0.3 is 5.11 Å². The summed E-state index contributed by atoms with van der Waals surface area (Å²) in [7, 11) is 0. The zero-order valence-electron chi connectivity index (χ0n) is 9.75. The lowest BCUT2D eigenvalue weighted by atomic mass is 10.0. The summed E-state index contributed by atoms with van der Waals surface area (Å²) in [6, 6.07) is 3.65. The third-order valence-electron chi connectivity index (χ3n) is 2.67. The van der Waals surface area contributed by atoms with E-state index in [1.165, 1.54) is 19.1 Å². The summed E-state index contributed by atoms with van der Waals surface area (Å²) in [5.41, 5.74) is -0.419. The van der Waals surface area contributed by atoms with E-state index in [0.29, 0.717) is 0 Å². The third kappa shape index (κ3) is 2.42. The van der Waals surface area contributed by atoms with Crippen LogP contribution in [0.5, 0.6) is 0 Å². The highest BCUT2D eigenvalue weighted by Crippen LogP contribution is 2.30. The van der Waals surface area contributed by atoms with Crippen molar-refractivity contribution in [3.8, 4) is 11.1 Å². The molecule has 0 saturated heterocycles. The van der Waals surface area contributed by atoms with Crippen molar-refractivity contribution >= 4 is 17.6 Å². The molecule has 0 saturated carbocycles. The molecule has 0 spiro atoms. The van der Waals surface area contributed by atoms with Gasteiger partial charge in [0.25, 0.3) is 0 Å². The fourth-order valence-electron chi connectivity index (χ4n) is 1.68. The van der Waals surface area contributed by atoms with Gasteiger partial charge >= 0.3 is 5.97 Å². The van der Waals surface area contributed by atoms with E-state index in [2.05, 4.69) is 4.98 Å². The Labute approximate surface area is 112 Å². The standard InChI is InChI=1S/C13H8ClF2NO2/c1-6-10(14)3-2-8(11(6)16)9-4-7(15)5-17-12(9)13(18)19/h2-5H,1H3,(H,18,19). The molecular weight excluding hydrogens is 276 g/mol. The third-order valence-corrected chi connectivity index (χ3v) is 3.08. The molecule has 2 rings (SSSR count). The van der Waals surface area contributed by atoms with Gasteiger partial charge in [0.2, 0.25) is 0 Å². The van der Waals surface area contributed by atoms with Gasteiger partial charge in [-0.1, -0.05) is 11.6 Å². The first-order valence-corrected chi connectivity index (χ1v) is 5.63. The molecule has 0 aliphatic rings. The Bertz CT molecular complexity index is 674. The number of pyridine rings is 1. The summed E-state index contributed by atoms with van der Waals surface area (Å²) in [6.07, 6.45) is 0.771. The lowest BCUT2D eigenvalue weighted by Gasteiger charge is -2.09. The Kier molecular flexibility index (Phi) is 3.48. The van der Waals surface area contributed by atoms with E-state index in [-0.39, 0.29) is 21.7 Å². The number of hydrogen-bond donors (Lipinski definition) is 1. The Morgan fingerprint density at radius 1 is 1.32 bits per heavy atom. The van der Waals surface area contributed by atoms with Crippen LogP contribution in [0.15, 0.2) is 24.4 Å². The lowest BCUT2D eigenvalue weighted by molar-refractivity contribution is 0.0691. The molecule has 3 nitrogen and oxygen atoms in total. The van der Waals surface area contributed by atoms with Crippen molar-refractivity contribution in [2.75, 3.05) is 0 Å². The smallest absolute Gasteiger partial charge is 0.355 e. The number of rotatable bonds is 2. The minimum absolute atomic E-state index is 0.0497. The van der Waals surface area contributed by atoms with E-state index < -0.39 is 23.3 Å². The molecule has 19 heavy (non-hydrogen) atoms. The highest BCUT2D eigenvalue weighted by molar-refractivity contribution is 6.31. The number of carbonyl (C=O) groups is 1. The predicted octanol–water partition coefficient (Wildman–Crippen LogP) is 3.69. The number of aromatic carboxylic acids is 1. The first-order valence-electron chi connectivity index (χ1n) is 5.25. The van der Waals surface area contributed by atoms with E-state index in [4.69, 9.17) is 16.7 Å². The number of nitrogens with zero attached hydrogens (tertiary/aromatic N) is 1. The first kappa shape index (κ1) is 13.4. The van der Waals surface area contributed by atoms with Crippen molar-refractivity contribution in [2.45, 2.75) is 6.92 Å². The monoisotopic (exact) mass is 283 g/mol. The lowest BCUT2D eigenvalue weighted by Crippen LogP contribution is -2.05. The molecule has 0 aliphatic carbocycles. The Morgan fingerprint density at radius 3 is 2.63 bits per heavy atom. The predicted molar refractivity (Wildman–Crippen MR) is 66.3 cm³/mol. The van der Waals surface area contributed by atoms with Gasteiger partial charge in [-0.05, 0) is 25.1 Å². The van der Waals surface area contributed by atoms with Crippen LogP contribution in [0, 0.1) is 18.6 Å². The Morgan fingerprint density at radius 2 is 2.00 bits per heavy atom. The molecule has 2 aromatic rings. The number of carboxylic acids is 1. The molecule has 0 amide bonds. The number of carboxylic acid groups (broad SMARTS) is 1. The summed E-state index contributed by atoms with van der Waals surface area (Å²) < 4.78 is 27.3. The van der Waals surface area contributed by atoms with Gasteiger partial charge in [-0.15, -0.1) is 0 Å². The van der Waals surface area contributed by atoms with E-state index in [1.54, 1.807) is 0 Å². The van der Waals surface area contributed by atoms with Crippen molar-refractivity contribution in [2.24, 2.45) is 0 Å². The molecule has 0 unspecified atom stereocenters. The second kappa shape index (κ2) is 4.93. The van der Waals surface area contributed by atoms with Crippen LogP contribution in [0.1, 0.15) is 16.1 Å². The van der Waals surface area contributed by atoms with Crippen LogP contribution >= 0.6 is 11.6 Å². The van der Waals surface area contributed by atoms with Crippen molar-refractivity contribution in [1.29, 1.82) is 0 Å². The summed E-state index contributed by atoms with van der Waals surface area (Å²) in [5.74, 6) is -2.79. The van der Waals surface area contributed by atoms with Crippen LogP contribution in [0.3, 0.4) is 0 Å². The maximum Gasteiger partial charge on any atom is 0.355 e. The van der Waals surface area contributed by atoms with Crippen molar-refractivity contribution in [1.82, 2.24) is 4.98 Å². The van der Waals surface area contributed by atoms with Crippen molar-refractivity contribution in [3.63, 3.8) is 0 Å². The number of hydrogen-bond acceptors (Lipinski definition) is 2. The van der Waals surface area contributed by atoms with Gasteiger partial charge in [-0.2, -0.15) is 0 Å². The summed E-state index contributed by atoms with van der Waals surface area (Å²) in [4.78, 5) is 14.5. The van der Waals surface area contributed by atoms with Gasteiger partial charge in [0.05, 0.1) is 6.20 Å². The minimum atomic E-state index is -1.36. The van der Waals surface area contributed by atoms with Gasteiger partial charge in [0, 0.05) is 21.7 Å². The fraction of sp³-hybridized carbons (Fsp3) is 0.0769. The molecule has 0 radical (unpaired) electrons. The second-order valence-corrected chi connectivity index (χ2v) is 4.30. The second-order valence-electron chi connectivity index (χ2n) is 3.89. The molecule has 0 fully saturated rings. The summed E-state index contributed by atoms with van der Waals surface area (Å²) >= 11 is 5.76. The number of halogens is 3. The molecule has 98 valence electrons. The molecule has 0 bridgehead atoms. The highest BCUT2D eigenvalue weighted by atomic mass is 35.5. The van der Waals surface area contributed by atoms with E-state index in [9.17, 15) is 13.6 Å². The zero-order valence-corrected chi connectivity index (χ0v) is 10.5. The molecule has 0 aliphatic heterocycles. The van der Waals surface area contributed by atoms with Crippen molar-refractivity contribution in [3.05, 3.63) is 52.3 Å². The van der Waals surface area contributed by atoms with Crippen LogP contribution in [0.2, 0.25) is 5.02 Å². The molecule has 0 atom stereocenters. The molecule has 1 aromatic heterocycles. The van der Waals surface area contributed by atoms with Crippen LogP contribution in [0.4, 0.5) is 8.78 Å². The molecule has 1 aromatic carbocycles. The SMILES string of the molecule is Cc1c(Cl)ccc(-c2cc(F)cnc2C(=O)O)c1F. The highest BCUT2D eigenvalue weighted by Gasteiger charge is 2.19. The fourth-order valence-corrected chi connectivity index (χ4v) is 1.83. The van der Waals surface area contributed by atoms with Gasteiger partial charge in [0.15, 0.2) is 5.69 Å². The Hall–Kier alpha value is -2.01. The van der Waals surface area contributed by atoms with Crippen LogP contribution < -0.4 is 0 Å². The van der Waals surface area contributed by atoms with E-state index >= 15 is 0 Å². The molecule has 6 heteroatoms. The van der Waals surface area contributed by atoms with E-state index in [1.807, 2.05) is 0 Å². The number of benzene rings is 1. The average molecular weight is 284 g/mol. The van der Waals surface area contributed by atoms with Crippen LogP contribution in [-0.2, 0) is 0 Å². The Balaban J connectivity index is 2.75. The largest absolute Gasteiger partial charge is 0.476 e. The average Bonchev–Trinajstić information content (AvgIpc) is 2.35. The quantitative estimate of drug-likeness (QED) is 0.914. The van der Waals surface area contributed by atoms with Crippen LogP contribution in [0.25, 0.3) is 11.1 Å². The number of aromatic nitrogens is 1. The topological polar surface area (TPSA) is 50.2 Å². The molecule has 1 heterocycles. The first-order chi connectivity index (χ1) is 8.91. The summed E-state index contributed by atoms with van der Waals surface area (Å²) in [6.45, 7) is 1.45. The minimum Gasteiger partial charge on any atom is -0.476 e. The van der Waals surface area contributed by atoms with Gasteiger partial charge in [-0.3, -0.25) is 0 Å². The van der Waals surface area contributed by atoms with Crippen molar-refractivity contribution < 1.29 is 18.7 Å². The molecule has 1 N–H and O–H groups in total. The normalized spacial score (nSPS) is 10.5. The van der Waals surface area contributed by atoms with Gasteiger partial charge in [0.1, 0.15) is 11.6 Å². The maximum absolute atomic E-state index is 14.1. The summed E-state index contributed by atoms with van der Waals surface area (Å²) in [5, 5.41) is 9.21. The van der Waals surface area contributed by atoms with Crippen LogP contribution in [-0.4, -0.2) is 16.1 Å².